The van der Waals surface area contributed by atoms with E-state index in [0.717, 1.165) is 5.69 Å². The first-order valence-corrected chi connectivity index (χ1v) is 15.4. The number of carbonyl (C=O) groups is 1. The van der Waals surface area contributed by atoms with Crippen molar-refractivity contribution in [3.8, 4) is 17.2 Å². The Hall–Kier alpha value is -3.88. The highest BCUT2D eigenvalue weighted by molar-refractivity contribution is 9.10. The molecule has 0 unspecified atom stereocenters. The van der Waals surface area contributed by atoms with Gasteiger partial charge in [-0.2, -0.15) is 0 Å². The zero-order valence-corrected chi connectivity index (χ0v) is 27.3. The van der Waals surface area contributed by atoms with Crippen LogP contribution in [0.3, 0.4) is 0 Å². The van der Waals surface area contributed by atoms with Crippen molar-refractivity contribution in [3.05, 3.63) is 82.9 Å². The van der Waals surface area contributed by atoms with E-state index in [4.69, 9.17) is 23.4 Å². The second kappa shape index (κ2) is 12.8. The summed E-state index contributed by atoms with van der Waals surface area (Å²) in [6.07, 6.45) is 3.32. The number of hydrogen-bond acceptors (Lipinski definition) is 12. The fourth-order valence-electron chi connectivity index (χ4n) is 4.56. The number of carbonyl (C=O) groups excluding carboxylic acids is 1. The minimum Gasteiger partial charge on any atom is -0.493 e. The molecule has 14 heteroatoms. The van der Waals surface area contributed by atoms with E-state index >= 15 is 0 Å². The fraction of sp³-hybridized carbons (Fsp3) is 0.276. The van der Waals surface area contributed by atoms with Crippen LogP contribution in [-0.4, -0.2) is 48.4 Å². The number of halogens is 1. The summed E-state index contributed by atoms with van der Waals surface area (Å²) in [5, 5.41) is 1.08. The summed E-state index contributed by atoms with van der Waals surface area (Å²) in [5.74, 6) is 0.997. The fourth-order valence-corrected chi connectivity index (χ4v) is 6.90. The molecule has 1 atom stereocenters. The minimum absolute atomic E-state index is 0.156. The smallest absolute Gasteiger partial charge is 0.338 e. The van der Waals surface area contributed by atoms with Crippen LogP contribution in [0, 0.1) is 6.92 Å². The summed E-state index contributed by atoms with van der Waals surface area (Å²) < 4.78 is 30.6. The van der Waals surface area contributed by atoms with Crippen LogP contribution in [-0.2, 0) is 9.53 Å². The Bertz CT molecular complexity index is 1900. The van der Waals surface area contributed by atoms with Gasteiger partial charge in [0.05, 0.1) is 54.3 Å². The van der Waals surface area contributed by atoms with Crippen LogP contribution >= 0.6 is 39.0 Å². The lowest BCUT2D eigenvalue weighted by Crippen LogP contribution is -2.40. The molecule has 224 valence electrons. The zero-order valence-electron chi connectivity index (χ0n) is 24.1. The maximum absolute atomic E-state index is 14.0. The van der Waals surface area contributed by atoms with E-state index in [1.807, 2.05) is 13.0 Å². The minimum atomic E-state index is -0.876. The number of nitrogens with zero attached hydrogens (tertiary/aromatic N) is 4. The van der Waals surface area contributed by atoms with E-state index in [1.165, 1.54) is 49.0 Å². The second-order valence-corrected chi connectivity index (χ2v) is 11.9. The maximum Gasteiger partial charge on any atom is 0.338 e. The predicted octanol–water partition coefficient (Wildman–Crippen LogP) is 4.43. The average Bonchev–Trinajstić information content (AvgIpc) is 3.48. The van der Waals surface area contributed by atoms with Gasteiger partial charge in [-0.25, -0.2) is 19.8 Å². The molecule has 43 heavy (non-hydrogen) atoms. The van der Waals surface area contributed by atoms with Crippen LogP contribution in [0.5, 0.6) is 17.2 Å². The SMILES string of the molecule is CCOC(=O)C1=C(C)N=c2s/c(=C/c3cc(Br)c(Sc4nccc(C)n4)o3)c(=O)n2[C@@H]1c1cc(OC)c(OC)c(OC)c1. The highest BCUT2D eigenvalue weighted by Gasteiger charge is 2.34. The Morgan fingerprint density at radius 3 is 2.51 bits per heavy atom. The molecule has 11 nitrogen and oxygen atoms in total. The van der Waals surface area contributed by atoms with Gasteiger partial charge in [0.1, 0.15) is 5.76 Å². The van der Waals surface area contributed by atoms with Gasteiger partial charge < -0.3 is 23.4 Å². The van der Waals surface area contributed by atoms with Gasteiger partial charge in [-0.3, -0.25) is 9.36 Å². The van der Waals surface area contributed by atoms with Gasteiger partial charge in [-0.05, 0) is 78.3 Å². The van der Waals surface area contributed by atoms with Gasteiger partial charge in [0.2, 0.25) is 5.75 Å². The molecule has 4 heterocycles. The van der Waals surface area contributed by atoms with Crippen molar-refractivity contribution in [2.45, 2.75) is 37.1 Å². The normalized spacial score (nSPS) is 14.8. The summed E-state index contributed by atoms with van der Waals surface area (Å²) >= 11 is 5.97. The number of esters is 1. The van der Waals surface area contributed by atoms with Crippen LogP contribution in [0.25, 0.3) is 6.08 Å². The van der Waals surface area contributed by atoms with E-state index < -0.39 is 12.0 Å². The third-order valence-electron chi connectivity index (χ3n) is 6.42. The molecule has 0 saturated heterocycles. The molecule has 0 bridgehead atoms. The number of methoxy groups -OCH3 is 3. The number of allylic oxidation sites excluding steroid dienone is 1. The standard InChI is InChI=1S/C29H27BrN4O7S2/c1-7-40-26(36)22-15(3)33-29-34(23(22)16-10-19(37-4)24(39-6)20(11-16)38-5)25(35)21(42-29)13-17-12-18(30)27(41-17)43-28-31-9-8-14(2)32-28/h8-13,23H,7H2,1-6H3/b21-13+/t23-/m1/s1. The highest BCUT2D eigenvalue weighted by Crippen LogP contribution is 2.42. The first-order valence-electron chi connectivity index (χ1n) is 12.9. The first-order chi connectivity index (χ1) is 20.7. The molecule has 1 aliphatic rings. The molecule has 1 aliphatic heterocycles. The molecule has 0 amide bonds. The Morgan fingerprint density at radius 2 is 1.88 bits per heavy atom. The van der Waals surface area contributed by atoms with Crippen LogP contribution in [0.4, 0.5) is 0 Å². The van der Waals surface area contributed by atoms with Crippen molar-refractivity contribution in [1.82, 2.24) is 14.5 Å². The topological polar surface area (TPSA) is 127 Å². The molecule has 0 fully saturated rings. The lowest BCUT2D eigenvalue weighted by Gasteiger charge is -2.26. The van der Waals surface area contributed by atoms with Crippen molar-refractivity contribution < 1.29 is 28.2 Å². The van der Waals surface area contributed by atoms with Crippen molar-refractivity contribution in [2.75, 3.05) is 27.9 Å². The van der Waals surface area contributed by atoms with Crippen molar-refractivity contribution >= 4 is 51.1 Å². The molecule has 0 radical (unpaired) electrons. The number of benzene rings is 1. The largest absolute Gasteiger partial charge is 0.493 e. The van der Waals surface area contributed by atoms with Crippen LogP contribution in [0.15, 0.2) is 70.7 Å². The Balaban J connectivity index is 1.66. The first kappa shape index (κ1) is 30.6. The number of rotatable bonds is 9. The molecule has 3 aromatic heterocycles. The quantitative estimate of drug-likeness (QED) is 0.184. The Labute approximate surface area is 263 Å². The van der Waals surface area contributed by atoms with E-state index in [1.54, 1.807) is 44.3 Å². The third-order valence-corrected chi connectivity index (χ3v) is 9.13. The molecule has 4 aromatic rings. The van der Waals surface area contributed by atoms with E-state index in [9.17, 15) is 9.59 Å². The maximum atomic E-state index is 14.0. The lowest BCUT2D eigenvalue weighted by atomic mass is 9.95. The molecule has 1 aromatic carbocycles. The number of fused-ring (bicyclic) bond motifs is 1. The number of furan rings is 1. The number of hydrogen-bond donors (Lipinski definition) is 0. The molecule has 0 N–H and O–H groups in total. The van der Waals surface area contributed by atoms with Crippen LogP contribution < -0.4 is 29.1 Å². The molecular weight excluding hydrogens is 660 g/mol. The van der Waals surface area contributed by atoms with E-state index in [2.05, 4.69) is 30.9 Å². The molecule has 0 saturated carbocycles. The summed E-state index contributed by atoms with van der Waals surface area (Å²) in [6, 6.07) is 6.12. The average molecular weight is 688 g/mol. The predicted molar refractivity (Wildman–Crippen MR) is 164 cm³/mol. The van der Waals surface area contributed by atoms with Gasteiger partial charge in [0.25, 0.3) is 5.56 Å². The van der Waals surface area contributed by atoms with Gasteiger partial charge in [-0.1, -0.05) is 11.3 Å². The van der Waals surface area contributed by atoms with E-state index in [-0.39, 0.29) is 17.7 Å². The monoisotopic (exact) mass is 686 g/mol. The molecule has 0 aliphatic carbocycles. The summed E-state index contributed by atoms with van der Waals surface area (Å²) in [4.78, 5) is 41.0. The number of thiazole rings is 1. The molecule has 5 rings (SSSR count). The number of ether oxygens (including phenoxy) is 4. The van der Waals surface area contributed by atoms with Crippen molar-refractivity contribution in [3.63, 3.8) is 0 Å². The Kier molecular flexibility index (Phi) is 9.08. The van der Waals surface area contributed by atoms with Crippen molar-refractivity contribution in [1.29, 1.82) is 0 Å². The number of aryl methyl sites for hydroxylation is 1. The highest BCUT2D eigenvalue weighted by atomic mass is 79.9. The van der Waals surface area contributed by atoms with Gasteiger partial charge in [0, 0.05) is 18.0 Å². The van der Waals surface area contributed by atoms with Gasteiger partial charge in [-0.15, -0.1) is 0 Å². The molecular formula is C29H27BrN4O7S2. The zero-order chi connectivity index (χ0) is 30.8. The van der Waals surface area contributed by atoms with Gasteiger partial charge in [0.15, 0.2) is 26.5 Å². The van der Waals surface area contributed by atoms with Gasteiger partial charge >= 0.3 is 5.97 Å². The lowest BCUT2D eigenvalue weighted by molar-refractivity contribution is -0.139. The third kappa shape index (κ3) is 5.99. The second-order valence-electron chi connectivity index (χ2n) is 9.13. The van der Waals surface area contributed by atoms with Crippen LogP contribution in [0.1, 0.15) is 36.9 Å². The summed E-state index contributed by atoms with van der Waals surface area (Å²) in [6.45, 7) is 5.48. The summed E-state index contributed by atoms with van der Waals surface area (Å²) in [7, 11) is 4.50. The van der Waals surface area contributed by atoms with Crippen molar-refractivity contribution in [2.24, 2.45) is 4.99 Å². The summed E-state index contributed by atoms with van der Waals surface area (Å²) in [5.41, 5.74) is 1.69. The molecule has 0 spiro atoms. The van der Waals surface area contributed by atoms with Crippen LogP contribution in [0.2, 0.25) is 0 Å². The van der Waals surface area contributed by atoms with E-state index in [0.29, 0.717) is 58.3 Å². The number of aromatic nitrogens is 3. The Morgan fingerprint density at radius 1 is 1.16 bits per heavy atom.